The van der Waals surface area contributed by atoms with E-state index in [0.29, 0.717) is 27.5 Å². The Morgan fingerprint density at radius 1 is 0.933 bits per heavy atom. The third-order valence-corrected chi connectivity index (χ3v) is 4.76. The second-order valence-corrected chi connectivity index (χ2v) is 7.18. The normalized spacial score (nSPS) is 10.7. The topological polar surface area (TPSA) is 65.7 Å². The summed E-state index contributed by atoms with van der Waals surface area (Å²) in [5.41, 5.74) is 0.951. The van der Waals surface area contributed by atoms with Gasteiger partial charge in [0.25, 0.3) is 0 Å². The summed E-state index contributed by atoms with van der Waals surface area (Å²) in [5, 5.41) is 1.05. The SMILES string of the molecule is O=C(COc1ccc(Cl)cc1Cl)Oc1ccc2oc(-c3ccccc3)cc(=O)c2c1. The number of rotatable bonds is 5. The van der Waals surface area contributed by atoms with Crippen molar-refractivity contribution >= 4 is 40.1 Å². The highest BCUT2D eigenvalue weighted by atomic mass is 35.5. The van der Waals surface area contributed by atoms with Crippen molar-refractivity contribution in [2.45, 2.75) is 0 Å². The number of hydrogen-bond donors (Lipinski definition) is 0. The minimum Gasteiger partial charge on any atom is -0.480 e. The first-order valence-electron chi connectivity index (χ1n) is 8.91. The highest BCUT2D eigenvalue weighted by Crippen LogP contribution is 2.28. The average Bonchev–Trinajstić information content (AvgIpc) is 2.74. The number of benzene rings is 3. The molecule has 0 saturated heterocycles. The second-order valence-electron chi connectivity index (χ2n) is 6.34. The summed E-state index contributed by atoms with van der Waals surface area (Å²) < 4.78 is 16.4. The standard InChI is InChI=1S/C23H14Cl2O5/c24-15-6-8-21(18(25)10-15)28-13-23(27)29-16-7-9-20-17(11-16)19(26)12-22(30-20)14-4-2-1-3-5-14/h1-12H,13H2. The third kappa shape index (κ3) is 4.48. The molecule has 0 aliphatic rings. The summed E-state index contributed by atoms with van der Waals surface area (Å²) in [5.74, 6) is 0.334. The molecule has 0 bridgehead atoms. The number of ether oxygens (including phenoxy) is 2. The Labute approximate surface area is 181 Å². The fourth-order valence-electron chi connectivity index (χ4n) is 2.83. The summed E-state index contributed by atoms with van der Waals surface area (Å²) in [6.45, 7) is -0.360. The van der Waals surface area contributed by atoms with Gasteiger partial charge in [-0.3, -0.25) is 4.79 Å². The molecule has 150 valence electrons. The minimum absolute atomic E-state index is 0.207. The zero-order valence-corrected chi connectivity index (χ0v) is 16.9. The summed E-state index contributed by atoms with van der Waals surface area (Å²) in [6.07, 6.45) is 0. The van der Waals surface area contributed by atoms with Gasteiger partial charge in [-0.05, 0) is 36.4 Å². The van der Waals surface area contributed by atoms with Crippen LogP contribution in [0.5, 0.6) is 11.5 Å². The van der Waals surface area contributed by atoms with E-state index in [1.165, 1.54) is 18.2 Å². The number of halogens is 2. The van der Waals surface area contributed by atoms with Gasteiger partial charge in [-0.25, -0.2) is 4.79 Å². The first kappa shape index (κ1) is 20.0. The number of carbonyl (C=O) groups excluding carboxylic acids is 1. The van der Waals surface area contributed by atoms with Crippen LogP contribution >= 0.6 is 23.2 Å². The van der Waals surface area contributed by atoms with E-state index < -0.39 is 5.97 Å². The number of fused-ring (bicyclic) bond motifs is 1. The van der Waals surface area contributed by atoms with E-state index in [4.69, 9.17) is 37.1 Å². The van der Waals surface area contributed by atoms with Gasteiger partial charge in [0, 0.05) is 16.7 Å². The molecule has 0 N–H and O–H groups in total. The molecule has 0 amide bonds. The van der Waals surface area contributed by atoms with Crippen LogP contribution in [-0.4, -0.2) is 12.6 Å². The Bertz CT molecular complexity index is 1280. The molecule has 4 aromatic rings. The summed E-state index contributed by atoms with van der Waals surface area (Å²) in [7, 11) is 0. The van der Waals surface area contributed by atoms with Crippen LogP contribution in [0.25, 0.3) is 22.3 Å². The van der Waals surface area contributed by atoms with Crippen LogP contribution in [0.3, 0.4) is 0 Å². The predicted octanol–water partition coefficient (Wildman–Crippen LogP) is 5.75. The lowest BCUT2D eigenvalue weighted by Gasteiger charge is -2.09. The maximum absolute atomic E-state index is 12.5. The quantitative estimate of drug-likeness (QED) is 0.292. The van der Waals surface area contributed by atoms with Crippen molar-refractivity contribution in [2.75, 3.05) is 6.61 Å². The Morgan fingerprint density at radius 3 is 2.50 bits per heavy atom. The van der Waals surface area contributed by atoms with Gasteiger partial charge in [-0.1, -0.05) is 53.5 Å². The Balaban J connectivity index is 1.50. The summed E-state index contributed by atoms with van der Waals surface area (Å²) in [4.78, 5) is 24.6. The molecule has 30 heavy (non-hydrogen) atoms. The van der Waals surface area contributed by atoms with Crippen molar-refractivity contribution in [3.8, 4) is 22.8 Å². The van der Waals surface area contributed by atoms with E-state index in [2.05, 4.69) is 0 Å². The van der Waals surface area contributed by atoms with Crippen LogP contribution in [0, 0.1) is 0 Å². The molecule has 0 saturated carbocycles. The molecule has 1 aromatic heterocycles. The van der Waals surface area contributed by atoms with Gasteiger partial charge in [0.1, 0.15) is 22.8 Å². The van der Waals surface area contributed by atoms with E-state index in [0.717, 1.165) is 5.56 Å². The smallest absolute Gasteiger partial charge is 0.349 e. The van der Waals surface area contributed by atoms with Crippen LogP contribution in [0.15, 0.2) is 82.0 Å². The van der Waals surface area contributed by atoms with Crippen LogP contribution in [-0.2, 0) is 4.79 Å². The lowest BCUT2D eigenvalue weighted by Crippen LogP contribution is -2.18. The van der Waals surface area contributed by atoms with Gasteiger partial charge in [-0.2, -0.15) is 0 Å². The second kappa shape index (κ2) is 8.61. The van der Waals surface area contributed by atoms with Crippen molar-refractivity contribution in [1.29, 1.82) is 0 Å². The Kier molecular flexibility index (Phi) is 5.74. The van der Waals surface area contributed by atoms with Gasteiger partial charge in [0.15, 0.2) is 12.0 Å². The van der Waals surface area contributed by atoms with Crippen molar-refractivity contribution in [3.63, 3.8) is 0 Å². The first-order valence-corrected chi connectivity index (χ1v) is 9.67. The van der Waals surface area contributed by atoms with Gasteiger partial charge in [0.05, 0.1) is 10.4 Å². The molecule has 1 heterocycles. The Morgan fingerprint density at radius 2 is 1.73 bits per heavy atom. The molecule has 0 radical (unpaired) electrons. The molecular weight excluding hydrogens is 427 g/mol. The summed E-state index contributed by atoms with van der Waals surface area (Å²) in [6, 6.07) is 20.0. The van der Waals surface area contributed by atoms with E-state index in [-0.39, 0.29) is 22.8 Å². The fraction of sp³-hybridized carbons (Fsp3) is 0.0435. The number of esters is 1. The van der Waals surface area contributed by atoms with Gasteiger partial charge in [-0.15, -0.1) is 0 Å². The molecule has 0 spiro atoms. The molecule has 4 rings (SSSR count). The number of hydrogen-bond acceptors (Lipinski definition) is 5. The molecule has 0 atom stereocenters. The monoisotopic (exact) mass is 440 g/mol. The molecule has 3 aromatic carbocycles. The van der Waals surface area contributed by atoms with Crippen LogP contribution in [0.1, 0.15) is 0 Å². The maximum Gasteiger partial charge on any atom is 0.349 e. The average molecular weight is 441 g/mol. The zero-order valence-electron chi connectivity index (χ0n) is 15.4. The van der Waals surface area contributed by atoms with Crippen LogP contribution in [0.4, 0.5) is 0 Å². The lowest BCUT2D eigenvalue weighted by molar-refractivity contribution is -0.136. The molecule has 5 nitrogen and oxygen atoms in total. The van der Waals surface area contributed by atoms with E-state index in [9.17, 15) is 9.59 Å². The molecule has 0 unspecified atom stereocenters. The highest BCUT2D eigenvalue weighted by Gasteiger charge is 2.12. The molecule has 0 fully saturated rings. The van der Waals surface area contributed by atoms with Crippen LogP contribution < -0.4 is 14.9 Å². The Hall–Kier alpha value is -3.28. The highest BCUT2D eigenvalue weighted by molar-refractivity contribution is 6.35. The van der Waals surface area contributed by atoms with Gasteiger partial charge < -0.3 is 13.9 Å². The van der Waals surface area contributed by atoms with Crippen molar-refractivity contribution in [3.05, 3.63) is 93.1 Å². The van der Waals surface area contributed by atoms with Crippen molar-refractivity contribution in [2.24, 2.45) is 0 Å². The fourth-order valence-corrected chi connectivity index (χ4v) is 3.30. The molecule has 0 aliphatic heterocycles. The largest absolute Gasteiger partial charge is 0.480 e. The van der Waals surface area contributed by atoms with E-state index in [1.54, 1.807) is 24.3 Å². The predicted molar refractivity (Wildman–Crippen MR) is 116 cm³/mol. The summed E-state index contributed by atoms with van der Waals surface area (Å²) >= 11 is 11.8. The lowest BCUT2D eigenvalue weighted by atomic mass is 10.1. The minimum atomic E-state index is -0.648. The third-order valence-electron chi connectivity index (χ3n) is 4.23. The van der Waals surface area contributed by atoms with Crippen molar-refractivity contribution < 1.29 is 18.7 Å². The molecule has 0 aliphatic carbocycles. The molecular formula is C23H14Cl2O5. The van der Waals surface area contributed by atoms with Crippen LogP contribution in [0.2, 0.25) is 10.0 Å². The first-order chi connectivity index (χ1) is 14.5. The number of carbonyl (C=O) groups is 1. The molecule has 7 heteroatoms. The van der Waals surface area contributed by atoms with Crippen molar-refractivity contribution in [1.82, 2.24) is 0 Å². The van der Waals surface area contributed by atoms with E-state index >= 15 is 0 Å². The van der Waals surface area contributed by atoms with Gasteiger partial charge in [0.2, 0.25) is 0 Å². The van der Waals surface area contributed by atoms with Gasteiger partial charge >= 0.3 is 5.97 Å². The van der Waals surface area contributed by atoms with E-state index in [1.807, 2.05) is 30.3 Å². The maximum atomic E-state index is 12.5. The zero-order chi connectivity index (χ0) is 21.1.